The summed E-state index contributed by atoms with van der Waals surface area (Å²) in [6.07, 6.45) is 0.466. The molecule has 0 unspecified atom stereocenters. The van der Waals surface area contributed by atoms with Crippen molar-refractivity contribution in [1.82, 2.24) is 0 Å². The molecule has 142 valence electrons. The van der Waals surface area contributed by atoms with Crippen LogP contribution in [0.1, 0.15) is 18.9 Å². The van der Waals surface area contributed by atoms with E-state index >= 15 is 0 Å². The predicted octanol–water partition coefficient (Wildman–Crippen LogP) is 1.75. The highest BCUT2D eigenvalue weighted by Crippen LogP contribution is 2.27. The van der Waals surface area contributed by atoms with Crippen LogP contribution >= 0.6 is 11.3 Å². The Balaban J connectivity index is 1.46. The number of hydrogen-bond acceptors (Lipinski definition) is 5. The van der Waals surface area contributed by atoms with Crippen LogP contribution < -0.4 is 19.9 Å². The number of nitriles is 1. The number of ether oxygens (including phenoxy) is 1. The topological polar surface area (TPSA) is 69.8 Å². The number of quaternary nitrogens is 1. The van der Waals surface area contributed by atoms with Gasteiger partial charge in [-0.1, -0.05) is 12.1 Å². The summed E-state index contributed by atoms with van der Waals surface area (Å²) < 4.78 is 5.74. The molecule has 1 amide bonds. The monoisotopic (exact) mass is 385 g/mol. The van der Waals surface area contributed by atoms with Crippen LogP contribution in [0.25, 0.3) is 0 Å². The van der Waals surface area contributed by atoms with E-state index in [1.807, 2.05) is 30.5 Å². The number of carbonyl (C=O) groups excluding carboxylic acids is 1. The predicted molar refractivity (Wildman–Crippen MR) is 108 cm³/mol. The number of anilines is 2. The van der Waals surface area contributed by atoms with Gasteiger partial charge in [0, 0.05) is 0 Å². The first-order chi connectivity index (χ1) is 13.2. The molecule has 1 fully saturated rings. The fourth-order valence-corrected chi connectivity index (χ4v) is 4.04. The van der Waals surface area contributed by atoms with Gasteiger partial charge in [0.05, 0.1) is 57.0 Å². The van der Waals surface area contributed by atoms with Crippen LogP contribution in [0.5, 0.6) is 5.75 Å². The Hall–Kier alpha value is -2.56. The maximum Gasteiger partial charge on any atom is 0.230 e. The van der Waals surface area contributed by atoms with Crippen molar-refractivity contribution in [3.8, 4) is 11.8 Å². The van der Waals surface area contributed by atoms with Crippen LogP contribution in [0.4, 0.5) is 10.7 Å². The van der Waals surface area contributed by atoms with E-state index < -0.39 is 0 Å². The molecule has 0 saturated carbocycles. The van der Waals surface area contributed by atoms with Crippen molar-refractivity contribution >= 4 is 27.9 Å². The Bertz CT molecular complexity index is 806. The molecule has 1 aromatic heterocycles. The lowest BCUT2D eigenvalue weighted by atomic mass is 10.2. The molecule has 2 N–H and O–H groups in total. The summed E-state index contributed by atoms with van der Waals surface area (Å²) in [5, 5.41) is 14.3. The summed E-state index contributed by atoms with van der Waals surface area (Å²) >= 11 is 1.39. The zero-order valence-corrected chi connectivity index (χ0v) is 16.3. The van der Waals surface area contributed by atoms with Crippen molar-refractivity contribution in [2.24, 2.45) is 0 Å². The fraction of sp³-hybridized carbons (Fsp3) is 0.400. The summed E-state index contributed by atoms with van der Waals surface area (Å²) in [5.41, 5.74) is 1.68. The largest absolute Gasteiger partial charge is 0.492 e. The molecule has 0 spiro atoms. The highest BCUT2D eigenvalue weighted by molar-refractivity contribution is 7.14. The standard InChI is InChI=1S/C20H24N4O2S/c1-2-26-18-6-4-3-5-17(18)24-12-10-23(11-13-24)9-7-19(25)22-20-16(15-21)8-14-27-20/h3-6,8,14H,2,7,9-13H2,1H3,(H,22,25)/p+1. The van der Waals surface area contributed by atoms with Gasteiger partial charge in [0.25, 0.3) is 0 Å². The molecule has 7 heteroatoms. The van der Waals surface area contributed by atoms with E-state index in [1.54, 1.807) is 6.07 Å². The highest BCUT2D eigenvalue weighted by atomic mass is 32.1. The van der Waals surface area contributed by atoms with Crippen LogP contribution in [0.3, 0.4) is 0 Å². The van der Waals surface area contributed by atoms with Crippen LogP contribution in [-0.4, -0.2) is 45.2 Å². The third-order valence-electron chi connectivity index (χ3n) is 4.72. The molecule has 0 aliphatic carbocycles. The average Bonchev–Trinajstić information content (AvgIpc) is 3.14. The van der Waals surface area contributed by atoms with Gasteiger partial charge in [-0.15, -0.1) is 11.3 Å². The fourth-order valence-electron chi connectivity index (χ4n) is 3.28. The molecular formula is C20H25N4O2S+. The number of nitrogens with zero attached hydrogens (tertiary/aromatic N) is 2. The van der Waals surface area contributed by atoms with E-state index in [1.165, 1.54) is 16.2 Å². The summed E-state index contributed by atoms with van der Waals surface area (Å²) in [6.45, 7) is 7.36. The average molecular weight is 386 g/mol. The zero-order valence-electron chi connectivity index (χ0n) is 15.5. The number of carbonyl (C=O) groups is 1. The molecule has 1 aliphatic heterocycles. The lowest BCUT2D eigenvalue weighted by Gasteiger charge is -2.34. The van der Waals surface area contributed by atoms with E-state index in [-0.39, 0.29) is 5.91 Å². The smallest absolute Gasteiger partial charge is 0.230 e. The van der Waals surface area contributed by atoms with Gasteiger partial charge in [-0.25, -0.2) is 0 Å². The second-order valence-corrected chi connectivity index (χ2v) is 7.38. The minimum atomic E-state index is -0.0226. The number of amides is 1. The van der Waals surface area contributed by atoms with E-state index in [0.717, 1.165) is 44.2 Å². The number of piperazine rings is 1. The molecule has 1 aliphatic rings. The van der Waals surface area contributed by atoms with Gasteiger partial charge in [0.2, 0.25) is 5.91 Å². The van der Waals surface area contributed by atoms with Crippen LogP contribution in [-0.2, 0) is 4.79 Å². The third kappa shape index (κ3) is 5.00. The van der Waals surface area contributed by atoms with Crippen LogP contribution in [0.2, 0.25) is 0 Å². The first kappa shape index (κ1) is 19.2. The summed E-state index contributed by atoms with van der Waals surface area (Å²) in [4.78, 5) is 16.0. The molecule has 0 atom stereocenters. The Morgan fingerprint density at radius 3 is 2.85 bits per heavy atom. The lowest BCUT2D eigenvalue weighted by molar-refractivity contribution is -0.900. The second-order valence-electron chi connectivity index (χ2n) is 6.46. The Morgan fingerprint density at radius 1 is 1.33 bits per heavy atom. The van der Waals surface area contributed by atoms with Gasteiger partial charge in [0.15, 0.2) is 0 Å². The van der Waals surface area contributed by atoms with Gasteiger partial charge < -0.3 is 19.9 Å². The number of benzene rings is 1. The molecule has 6 nitrogen and oxygen atoms in total. The van der Waals surface area contributed by atoms with E-state index in [9.17, 15) is 4.79 Å². The maximum absolute atomic E-state index is 12.2. The number of rotatable bonds is 7. The maximum atomic E-state index is 12.2. The zero-order chi connectivity index (χ0) is 19.1. The summed E-state index contributed by atoms with van der Waals surface area (Å²) in [7, 11) is 0. The Morgan fingerprint density at radius 2 is 2.11 bits per heavy atom. The third-order valence-corrected chi connectivity index (χ3v) is 5.55. The van der Waals surface area contributed by atoms with Crippen molar-refractivity contribution in [2.75, 3.05) is 49.5 Å². The van der Waals surface area contributed by atoms with Crippen molar-refractivity contribution in [1.29, 1.82) is 5.26 Å². The first-order valence-corrected chi connectivity index (χ1v) is 10.2. The molecule has 2 aromatic rings. The van der Waals surface area contributed by atoms with Gasteiger partial charge in [-0.3, -0.25) is 4.79 Å². The molecule has 1 saturated heterocycles. The molecule has 2 heterocycles. The van der Waals surface area contributed by atoms with Crippen molar-refractivity contribution in [3.63, 3.8) is 0 Å². The molecular weight excluding hydrogens is 360 g/mol. The quantitative estimate of drug-likeness (QED) is 0.762. The van der Waals surface area contributed by atoms with Crippen LogP contribution in [0, 0.1) is 11.3 Å². The van der Waals surface area contributed by atoms with Crippen molar-refractivity contribution in [3.05, 3.63) is 41.3 Å². The number of para-hydroxylation sites is 2. The van der Waals surface area contributed by atoms with Gasteiger partial charge >= 0.3 is 0 Å². The number of thiophene rings is 1. The van der Waals surface area contributed by atoms with Gasteiger partial charge in [-0.05, 0) is 30.5 Å². The summed E-state index contributed by atoms with van der Waals surface area (Å²) in [6, 6.07) is 12.0. The summed E-state index contributed by atoms with van der Waals surface area (Å²) in [5.74, 6) is 0.914. The number of hydrogen-bond donors (Lipinski definition) is 2. The minimum Gasteiger partial charge on any atom is -0.492 e. The SMILES string of the molecule is CCOc1ccccc1N1CC[NH+](CCC(=O)Nc2sccc2C#N)CC1. The van der Waals surface area contributed by atoms with Gasteiger partial charge in [-0.2, -0.15) is 5.26 Å². The second kappa shape index (κ2) is 9.40. The van der Waals surface area contributed by atoms with Gasteiger partial charge in [0.1, 0.15) is 16.8 Å². The van der Waals surface area contributed by atoms with E-state index in [2.05, 4.69) is 22.4 Å². The Kier molecular flexibility index (Phi) is 6.69. The van der Waals surface area contributed by atoms with Crippen molar-refractivity contribution < 1.29 is 14.4 Å². The molecule has 27 heavy (non-hydrogen) atoms. The minimum absolute atomic E-state index is 0.0226. The first-order valence-electron chi connectivity index (χ1n) is 9.29. The van der Waals surface area contributed by atoms with Crippen LogP contribution in [0.15, 0.2) is 35.7 Å². The normalized spacial score (nSPS) is 14.6. The molecule has 0 radical (unpaired) electrons. The lowest BCUT2D eigenvalue weighted by Crippen LogP contribution is -3.15. The van der Waals surface area contributed by atoms with Crippen molar-refractivity contribution in [2.45, 2.75) is 13.3 Å². The molecule has 3 rings (SSSR count). The van der Waals surface area contributed by atoms with E-state index in [4.69, 9.17) is 10.00 Å². The Labute approximate surface area is 164 Å². The highest BCUT2D eigenvalue weighted by Gasteiger charge is 2.22. The van der Waals surface area contributed by atoms with E-state index in [0.29, 0.717) is 23.6 Å². The molecule has 1 aromatic carbocycles. The number of nitrogens with one attached hydrogen (secondary N) is 2. The molecule has 0 bridgehead atoms.